The number of carbonyl (C=O) groups excluding carboxylic acids is 1. The molecular weight excluding hydrogens is 230 g/mol. The van der Waals surface area contributed by atoms with Crippen molar-refractivity contribution < 1.29 is 4.79 Å². The first kappa shape index (κ1) is 10.4. The van der Waals surface area contributed by atoms with Gasteiger partial charge in [-0.3, -0.25) is 9.89 Å². The number of nitrogen functional groups attached to an aromatic ring is 1. The minimum atomic E-state index is -0.374. The number of rotatable bonds is 2. The zero-order chi connectivity index (χ0) is 11.5. The number of nitrogens with two attached hydrogens (primary N) is 1. The van der Waals surface area contributed by atoms with E-state index >= 15 is 0 Å². The average Bonchev–Trinajstić information content (AvgIpc) is 2.68. The highest BCUT2D eigenvalue weighted by Gasteiger charge is 2.11. The first-order chi connectivity index (χ1) is 7.66. The predicted molar refractivity (Wildman–Crippen MR) is 60.2 cm³/mol. The van der Waals surface area contributed by atoms with Gasteiger partial charge in [-0.05, 0) is 12.1 Å². The molecular formula is C9H8ClN5O. The standard InChI is InChI=1S/C9H8ClN5O/c10-5-1-2-7(12-3-5)14-9(16)6-4-13-15-8(6)11/h1-4H,(H3,11,13,15)(H,12,14,16). The molecule has 0 unspecified atom stereocenters. The Morgan fingerprint density at radius 3 is 2.81 bits per heavy atom. The van der Waals surface area contributed by atoms with E-state index in [0.29, 0.717) is 10.8 Å². The fourth-order valence-electron chi connectivity index (χ4n) is 1.11. The molecule has 2 rings (SSSR count). The highest BCUT2D eigenvalue weighted by atomic mass is 35.5. The van der Waals surface area contributed by atoms with Gasteiger partial charge in [0.1, 0.15) is 17.2 Å². The molecule has 0 atom stereocenters. The Morgan fingerprint density at radius 2 is 2.25 bits per heavy atom. The molecule has 0 aliphatic rings. The number of aromatic nitrogens is 3. The third-order valence-corrected chi connectivity index (χ3v) is 2.11. The van der Waals surface area contributed by atoms with Gasteiger partial charge in [-0.2, -0.15) is 5.10 Å². The molecule has 2 aromatic heterocycles. The van der Waals surface area contributed by atoms with Crippen LogP contribution in [0.3, 0.4) is 0 Å². The van der Waals surface area contributed by atoms with Crippen LogP contribution in [-0.4, -0.2) is 21.1 Å². The quantitative estimate of drug-likeness (QED) is 0.733. The molecule has 2 heterocycles. The van der Waals surface area contributed by atoms with Crippen LogP contribution in [0.1, 0.15) is 10.4 Å². The Balaban J connectivity index is 2.14. The van der Waals surface area contributed by atoms with Crippen LogP contribution >= 0.6 is 11.6 Å². The van der Waals surface area contributed by atoms with E-state index in [1.807, 2.05) is 0 Å². The van der Waals surface area contributed by atoms with Crippen molar-refractivity contribution in [1.29, 1.82) is 0 Å². The first-order valence-electron chi connectivity index (χ1n) is 4.38. The average molecular weight is 238 g/mol. The molecule has 0 bridgehead atoms. The van der Waals surface area contributed by atoms with Crippen LogP contribution in [0.15, 0.2) is 24.5 Å². The van der Waals surface area contributed by atoms with Crippen molar-refractivity contribution in [3.63, 3.8) is 0 Å². The fraction of sp³-hybridized carbons (Fsp3) is 0. The van der Waals surface area contributed by atoms with Gasteiger partial charge in [-0.25, -0.2) is 4.98 Å². The molecule has 0 aliphatic heterocycles. The summed E-state index contributed by atoms with van der Waals surface area (Å²) in [6.07, 6.45) is 2.79. The Morgan fingerprint density at radius 1 is 1.44 bits per heavy atom. The summed E-state index contributed by atoms with van der Waals surface area (Å²) in [6.45, 7) is 0. The van der Waals surface area contributed by atoms with E-state index in [2.05, 4.69) is 20.5 Å². The lowest BCUT2D eigenvalue weighted by Gasteiger charge is -2.02. The zero-order valence-electron chi connectivity index (χ0n) is 8.07. The highest BCUT2D eigenvalue weighted by molar-refractivity contribution is 6.30. The van der Waals surface area contributed by atoms with E-state index in [1.54, 1.807) is 12.1 Å². The summed E-state index contributed by atoms with van der Waals surface area (Å²) in [5, 5.41) is 9.18. The summed E-state index contributed by atoms with van der Waals surface area (Å²) in [6, 6.07) is 3.22. The second kappa shape index (κ2) is 4.19. The van der Waals surface area contributed by atoms with E-state index in [0.717, 1.165) is 0 Å². The topological polar surface area (TPSA) is 96.7 Å². The molecule has 0 saturated heterocycles. The predicted octanol–water partition coefficient (Wildman–Crippen LogP) is 1.29. The normalized spacial score (nSPS) is 10.1. The molecule has 2 aromatic rings. The number of H-pyrrole nitrogens is 1. The minimum absolute atomic E-state index is 0.214. The van der Waals surface area contributed by atoms with Crippen molar-refractivity contribution in [2.45, 2.75) is 0 Å². The van der Waals surface area contributed by atoms with Gasteiger partial charge < -0.3 is 11.1 Å². The molecule has 0 fully saturated rings. The summed E-state index contributed by atoms with van der Waals surface area (Å²) in [5.74, 6) is 0.238. The van der Waals surface area contributed by atoms with Crippen molar-refractivity contribution >= 4 is 29.1 Å². The molecule has 16 heavy (non-hydrogen) atoms. The number of nitrogens with zero attached hydrogens (tertiary/aromatic N) is 2. The maximum Gasteiger partial charge on any atom is 0.262 e. The first-order valence-corrected chi connectivity index (χ1v) is 4.76. The second-order valence-corrected chi connectivity index (χ2v) is 3.45. The largest absolute Gasteiger partial charge is 0.383 e. The van der Waals surface area contributed by atoms with Crippen LogP contribution in [0.5, 0.6) is 0 Å². The SMILES string of the molecule is Nc1[nH]ncc1C(=O)Nc1ccc(Cl)cn1. The number of halogens is 1. The Bertz CT molecular complexity index is 507. The number of carbonyl (C=O) groups is 1. The third-order valence-electron chi connectivity index (χ3n) is 1.88. The highest BCUT2D eigenvalue weighted by Crippen LogP contribution is 2.12. The lowest BCUT2D eigenvalue weighted by atomic mass is 10.3. The minimum Gasteiger partial charge on any atom is -0.383 e. The van der Waals surface area contributed by atoms with Gasteiger partial charge in [0.2, 0.25) is 0 Å². The Hall–Kier alpha value is -2.08. The Kier molecular flexibility index (Phi) is 2.74. The fourth-order valence-corrected chi connectivity index (χ4v) is 1.22. The monoisotopic (exact) mass is 237 g/mol. The van der Waals surface area contributed by atoms with Gasteiger partial charge in [0.25, 0.3) is 5.91 Å². The summed E-state index contributed by atoms with van der Waals surface area (Å²) >= 11 is 5.66. The summed E-state index contributed by atoms with van der Waals surface area (Å²) in [7, 11) is 0. The van der Waals surface area contributed by atoms with Crippen LogP contribution < -0.4 is 11.1 Å². The molecule has 1 amide bonds. The number of hydrogen-bond donors (Lipinski definition) is 3. The lowest BCUT2D eigenvalue weighted by molar-refractivity contribution is 0.102. The number of nitrogens with one attached hydrogen (secondary N) is 2. The number of amides is 1. The van der Waals surface area contributed by atoms with Crippen LogP contribution in [0.2, 0.25) is 5.02 Å². The van der Waals surface area contributed by atoms with Crippen LogP contribution in [0, 0.1) is 0 Å². The van der Waals surface area contributed by atoms with Crippen LogP contribution in [-0.2, 0) is 0 Å². The maximum absolute atomic E-state index is 11.7. The van der Waals surface area contributed by atoms with Crippen LogP contribution in [0.4, 0.5) is 11.6 Å². The van der Waals surface area contributed by atoms with Gasteiger partial charge >= 0.3 is 0 Å². The number of aromatic amines is 1. The van der Waals surface area contributed by atoms with E-state index in [1.165, 1.54) is 12.4 Å². The van der Waals surface area contributed by atoms with Crippen molar-refractivity contribution in [2.24, 2.45) is 0 Å². The zero-order valence-corrected chi connectivity index (χ0v) is 8.82. The number of anilines is 2. The Labute approximate surface area is 95.8 Å². The van der Waals surface area contributed by atoms with Gasteiger partial charge in [-0.15, -0.1) is 0 Å². The second-order valence-electron chi connectivity index (χ2n) is 3.01. The third kappa shape index (κ3) is 2.12. The number of hydrogen-bond acceptors (Lipinski definition) is 4. The van der Waals surface area contributed by atoms with Gasteiger partial charge in [0.15, 0.2) is 0 Å². The van der Waals surface area contributed by atoms with Crippen molar-refractivity contribution in [1.82, 2.24) is 15.2 Å². The molecule has 7 heteroatoms. The number of pyridine rings is 1. The lowest BCUT2D eigenvalue weighted by Crippen LogP contribution is -2.13. The molecule has 0 radical (unpaired) electrons. The molecule has 0 aliphatic carbocycles. The molecule has 4 N–H and O–H groups in total. The van der Waals surface area contributed by atoms with E-state index in [9.17, 15) is 4.79 Å². The van der Waals surface area contributed by atoms with Crippen LogP contribution in [0.25, 0.3) is 0 Å². The van der Waals surface area contributed by atoms with E-state index in [4.69, 9.17) is 17.3 Å². The van der Waals surface area contributed by atoms with E-state index in [-0.39, 0.29) is 17.3 Å². The molecule has 0 saturated carbocycles. The van der Waals surface area contributed by atoms with Gasteiger partial charge in [-0.1, -0.05) is 11.6 Å². The van der Waals surface area contributed by atoms with Crippen molar-refractivity contribution in [2.75, 3.05) is 11.1 Å². The molecule has 6 nitrogen and oxygen atoms in total. The van der Waals surface area contributed by atoms with E-state index < -0.39 is 0 Å². The summed E-state index contributed by atoms with van der Waals surface area (Å²) in [4.78, 5) is 15.6. The van der Waals surface area contributed by atoms with Crippen molar-refractivity contribution in [3.05, 3.63) is 35.1 Å². The van der Waals surface area contributed by atoms with Crippen molar-refractivity contribution in [3.8, 4) is 0 Å². The molecule has 0 aromatic carbocycles. The smallest absolute Gasteiger partial charge is 0.262 e. The maximum atomic E-state index is 11.7. The van der Waals surface area contributed by atoms with Gasteiger partial charge in [0.05, 0.1) is 11.2 Å². The molecule has 0 spiro atoms. The summed E-state index contributed by atoms with van der Waals surface area (Å²) in [5.41, 5.74) is 5.77. The molecule has 82 valence electrons. The summed E-state index contributed by atoms with van der Waals surface area (Å²) < 4.78 is 0. The van der Waals surface area contributed by atoms with Gasteiger partial charge in [0, 0.05) is 6.20 Å².